The van der Waals surface area contributed by atoms with Gasteiger partial charge in [0.1, 0.15) is 6.04 Å². The highest BCUT2D eigenvalue weighted by Gasteiger charge is 2.24. The number of nitrogens with two attached hydrogens (primary N) is 1. The van der Waals surface area contributed by atoms with E-state index in [-0.39, 0.29) is 5.91 Å². The molecule has 144 valence electrons. The third kappa shape index (κ3) is 4.65. The van der Waals surface area contributed by atoms with Crippen molar-refractivity contribution in [2.24, 2.45) is 5.73 Å². The molecule has 1 atom stereocenters. The van der Waals surface area contributed by atoms with Gasteiger partial charge in [0.2, 0.25) is 5.91 Å². The van der Waals surface area contributed by atoms with Gasteiger partial charge >= 0.3 is 0 Å². The van der Waals surface area contributed by atoms with Crippen LogP contribution in [-0.2, 0) is 11.2 Å². The van der Waals surface area contributed by atoms with Gasteiger partial charge in [-0.2, -0.15) is 0 Å². The van der Waals surface area contributed by atoms with Crippen molar-refractivity contribution in [2.75, 3.05) is 11.4 Å². The summed E-state index contributed by atoms with van der Waals surface area (Å²) in [5.41, 5.74) is 12.4. The molecule has 3 rings (SSSR count). The van der Waals surface area contributed by atoms with Gasteiger partial charge in [-0.05, 0) is 61.2 Å². The number of carbonyl (C=O) groups excluding carboxylic acids is 1. The van der Waals surface area contributed by atoms with Crippen LogP contribution in [0.1, 0.15) is 34.0 Å². The summed E-state index contributed by atoms with van der Waals surface area (Å²) in [5, 5.41) is 0. The van der Waals surface area contributed by atoms with Crippen molar-refractivity contribution in [3.63, 3.8) is 0 Å². The van der Waals surface area contributed by atoms with Crippen molar-refractivity contribution in [3.05, 3.63) is 94.8 Å². The predicted molar refractivity (Wildman–Crippen MR) is 114 cm³/mol. The van der Waals surface area contributed by atoms with E-state index in [1.807, 2.05) is 73.8 Å². The van der Waals surface area contributed by atoms with Crippen molar-refractivity contribution in [2.45, 2.75) is 33.2 Å². The molecule has 0 aliphatic rings. The van der Waals surface area contributed by atoms with Crippen molar-refractivity contribution >= 4 is 11.6 Å². The predicted octanol–water partition coefficient (Wildman–Crippen LogP) is 4.28. The van der Waals surface area contributed by atoms with Crippen LogP contribution in [-0.4, -0.2) is 17.4 Å². The fraction of sp³-hybridized carbons (Fsp3) is 0.250. The molecule has 2 aromatic carbocycles. The Labute approximate surface area is 167 Å². The third-order valence-electron chi connectivity index (χ3n) is 5.06. The van der Waals surface area contributed by atoms with Gasteiger partial charge in [0.25, 0.3) is 0 Å². The molecule has 2 N–H and O–H groups in total. The highest BCUT2D eigenvalue weighted by molar-refractivity contribution is 5.97. The Morgan fingerprint density at radius 1 is 1.00 bits per heavy atom. The van der Waals surface area contributed by atoms with E-state index in [1.165, 1.54) is 5.56 Å². The van der Waals surface area contributed by atoms with E-state index in [4.69, 9.17) is 5.73 Å². The number of hydrogen-bond donors (Lipinski definition) is 1. The van der Waals surface area contributed by atoms with Gasteiger partial charge in [0.05, 0.1) is 0 Å². The normalized spacial score (nSPS) is 11.9. The lowest BCUT2D eigenvalue weighted by Crippen LogP contribution is -2.40. The monoisotopic (exact) mass is 373 g/mol. The number of hydrogen-bond acceptors (Lipinski definition) is 3. The molecule has 3 aromatic rings. The first-order valence-corrected chi connectivity index (χ1v) is 9.56. The van der Waals surface area contributed by atoms with Crippen molar-refractivity contribution in [1.29, 1.82) is 0 Å². The number of aryl methyl sites for hydroxylation is 3. The molecule has 0 bridgehead atoms. The number of benzene rings is 2. The second-order valence-electron chi connectivity index (χ2n) is 7.22. The van der Waals surface area contributed by atoms with Crippen molar-refractivity contribution < 1.29 is 4.79 Å². The van der Waals surface area contributed by atoms with E-state index < -0.39 is 6.04 Å². The molecule has 0 saturated carbocycles. The molecule has 1 heterocycles. The first kappa shape index (κ1) is 19.8. The van der Waals surface area contributed by atoms with E-state index in [9.17, 15) is 4.79 Å². The number of amides is 1. The number of pyridine rings is 1. The lowest BCUT2D eigenvalue weighted by Gasteiger charge is -2.27. The maximum atomic E-state index is 13.3. The average Bonchev–Trinajstić information content (AvgIpc) is 2.72. The Morgan fingerprint density at radius 2 is 1.75 bits per heavy atom. The zero-order valence-electron chi connectivity index (χ0n) is 16.7. The minimum absolute atomic E-state index is 0.110. The van der Waals surface area contributed by atoms with Crippen LogP contribution in [0.5, 0.6) is 0 Å². The fourth-order valence-corrected chi connectivity index (χ4v) is 3.10. The quantitative estimate of drug-likeness (QED) is 0.701. The molecule has 0 aliphatic carbocycles. The standard InChI is InChI=1S/C24H27N3O/c1-17-9-11-21(26-16-17)13-14-27(22-12-10-18(2)19(3)15-22)24(28)23(25)20-7-5-4-6-8-20/h4-12,15-16,23H,13-14,25H2,1-3H3. The van der Waals surface area contributed by atoms with Crippen LogP contribution in [0.15, 0.2) is 66.9 Å². The molecule has 4 nitrogen and oxygen atoms in total. The second kappa shape index (κ2) is 8.81. The lowest BCUT2D eigenvalue weighted by atomic mass is 10.0. The minimum Gasteiger partial charge on any atom is -0.316 e. The van der Waals surface area contributed by atoms with E-state index in [0.29, 0.717) is 13.0 Å². The molecule has 1 unspecified atom stereocenters. The highest BCUT2D eigenvalue weighted by atomic mass is 16.2. The molecule has 28 heavy (non-hydrogen) atoms. The number of rotatable bonds is 6. The summed E-state index contributed by atoms with van der Waals surface area (Å²) in [7, 11) is 0. The lowest BCUT2D eigenvalue weighted by molar-refractivity contribution is -0.120. The molecule has 4 heteroatoms. The molecule has 0 saturated heterocycles. The van der Waals surface area contributed by atoms with Gasteiger partial charge in [0.15, 0.2) is 0 Å². The zero-order valence-corrected chi connectivity index (χ0v) is 16.7. The maximum absolute atomic E-state index is 13.3. The van der Waals surface area contributed by atoms with E-state index in [2.05, 4.69) is 18.8 Å². The Bertz CT molecular complexity index is 936. The zero-order chi connectivity index (χ0) is 20.1. The van der Waals surface area contributed by atoms with Crippen LogP contribution in [0.3, 0.4) is 0 Å². The van der Waals surface area contributed by atoms with Crippen LogP contribution in [0, 0.1) is 20.8 Å². The topological polar surface area (TPSA) is 59.2 Å². The molecule has 0 aliphatic heterocycles. The van der Waals surface area contributed by atoms with Gasteiger partial charge in [-0.15, -0.1) is 0 Å². The van der Waals surface area contributed by atoms with Gasteiger partial charge in [-0.25, -0.2) is 0 Å². The van der Waals surface area contributed by atoms with E-state index in [1.54, 1.807) is 4.90 Å². The summed E-state index contributed by atoms with van der Waals surface area (Å²) in [6.45, 7) is 6.66. The molecule has 0 fully saturated rings. The van der Waals surface area contributed by atoms with Crippen LogP contribution in [0.2, 0.25) is 0 Å². The van der Waals surface area contributed by atoms with Crippen molar-refractivity contribution in [1.82, 2.24) is 4.98 Å². The number of anilines is 1. The summed E-state index contributed by atoms with van der Waals surface area (Å²) in [4.78, 5) is 19.5. The summed E-state index contributed by atoms with van der Waals surface area (Å²) >= 11 is 0. The van der Waals surface area contributed by atoms with Gasteiger partial charge in [0, 0.05) is 30.5 Å². The first-order chi connectivity index (χ1) is 13.5. The van der Waals surface area contributed by atoms with Crippen LogP contribution in [0.25, 0.3) is 0 Å². The molecular formula is C24H27N3O. The van der Waals surface area contributed by atoms with Crippen molar-refractivity contribution in [3.8, 4) is 0 Å². The van der Waals surface area contributed by atoms with Crippen LogP contribution < -0.4 is 10.6 Å². The smallest absolute Gasteiger partial charge is 0.248 e. The summed E-state index contributed by atoms with van der Waals surface area (Å²) in [6, 6.07) is 18.9. The SMILES string of the molecule is Cc1ccc(CCN(C(=O)C(N)c2ccccc2)c2ccc(C)c(C)c2)nc1. The van der Waals surface area contributed by atoms with E-state index in [0.717, 1.165) is 28.1 Å². The molecular weight excluding hydrogens is 346 g/mol. The fourth-order valence-electron chi connectivity index (χ4n) is 3.10. The van der Waals surface area contributed by atoms with Crippen LogP contribution in [0.4, 0.5) is 5.69 Å². The average molecular weight is 374 g/mol. The Balaban J connectivity index is 1.87. The molecule has 0 radical (unpaired) electrons. The Hall–Kier alpha value is -2.98. The second-order valence-corrected chi connectivity index (χ2v) is 7.22. The maximum Gasteiger partial charge on any atom is 0.248 e. The molecule has 1 amide bonds. The highest BCUT2D eigenvalue weighted by Crippen LogP contribution is 2.23. The number of nitrogens with zero attached hydrogens (tertiary/aromatic N) is 2. The van der Waals surface area contributed by atoms with Gasteiger partial charge in [-0.1, -0.05) is 42.5 Å². The number of carbonyl (C=O) groups is 1. The van der Waals surface area contributed by atoms with Crippen LogP contribution >= 0.6 is 0 Å². The minimum atomic E-state index is -0.700. The largest absolute Gasteiger partial charge is 0.316 e. The van der Waals surface area contributed by atoms with Gasteiger partial charge < -0.3 is 10.6 Å². The molecule has 0 spiro atoms. The number of aromatic nitrogens is 1. The van der Waals surface area contributed by atoms with E-state index >= 15 is 0 Å². The summed E-state index contributed by atoms with van der Waals surface area (Å²) in [6.07, 6.45) is 2.52. The third-order valence-corrected chi connectivity index (χ3v) is 5.06. The Morgan fingerprint density at radius 3 is 2.39 bits per heavy atom. The Kier molecular flexibility index (Phi) is 6.22. The summed E-state index contributed by atoms with van der Waals surface area (Å²) in [5.74, 6) is -0.110. The summed E-state index contributed by atoms with van der Waals surface area (Å²) < 4.78 is 0. The molecule has 1 aromatic heterocycles. The van der Waals surface area contributed by atoms with Gasteiger partial charge in [-0.3, -0.25) is 9.78 Å². The first-order valence-electron chi connectivity index (χ1n) is 9.56.